The molecule has 4 nitrogen and oxygen atoms in total. The molecule has 0 aliphatic carbocycles. The highest BCUT2D eigenvalue weighted by Crippen LogP contribution is 2.49. The zero-order valence-electron chi connectivity index (χ0n) is 23.6. The van der Waals surface area contributed by atoms with Crippen LogP contribution in [0.2, 0.25) is 25.2 Å². The van der Waals surface area contributed by atoms with Gasteiger partial charge < -0.3 is 17.7 Å². The van der Waals surface area contributed by atoms with Crippen LogP contribution in [0.25, 0.3) is 0 Å². The molecule has 0 saturated carbocycles. The van der Waals surface area contributed by atoms with Crippen molar-refractivity contribution in [2.24, 2.45) is 21.7 Å². The Hall–Kier alpha value is 0.274. The van der Waals surface area contributed by atoms with E-state index in [9.17, 15) is 0 Å². The predicted octanol–water partition coefficient (Wildman–Crippen LogP) is 7.77. The van der Waals surface area contributed by atoms with Crippen molar-refractivity contribution in [3.8, 4) is 0 Å². The molecule has 31 heavy (non-hydrogen) atoms. The zero-order valence-corrected chi connectivity index (χ0v) is 25.6. The Morgan fingerprint density at radius 1 is 0.516 bits per heavy atom. The molecule has 0 rings (SSSR count). The van der Waals surface area contributed by atoms with Crippen LogP contribution in [0.5, 0.6) is 0 Å². The number of rotatable bonds is 16. The third-order valence-electron chi connectivity index (χ3n) is 6.88. The van der Waals surface area contributed by atoms with Crippen molar-refractivity contribution in [2.45, 2.75) is 113 Å². The summed E-state index contributed by atoms with van der Waals surface area (Å²) in [7, 11) is 3.13. The Kier molecular flexibility index (Phi) is 11.7. The largest absolute Gasteiger partial charge is 0.398 e. The number of hydrogen-bond acceptors (Lipinski definition) is 4. The molecule has 0 bridgehead atoms. The molecule has 0 unspecified atom stereocenters. The van der Waals surface area contributed by atoms with Crippen LogP contribution in [-0.2, 0) is 17.7 Å². The van der Waals surface area contributed by atoms with E-state index in [4.69, 9.17) is 17.7 Å². The van der Waals surface area contributed by atoms with Crippen molar-refractivity contribution >= 4 is 17.1 Å². The maximum absolute atomic E-state index is 5.78. The maximum Gasteiger partial charge on any atom is 0.334 e. The minimum absolute atomic E-state index is 0.192. The summed E-state index contributed by atoms with van der Waals surface area (Å²) < 4.78 is 22.9. The van der Waals surface area contributed by atoms with Gasteiger partial charge in [-0.3, -0.25) is 0 Å². The lowest BCUT2D eigenvalue weighted by Crippen LogP contribution is -2.42. The molecule has 0 amide bonds. The standard InChI is InChI=1S/C25H56O4Si2/c1-22(2,16-15-17-30(13,26-9)27-10)18-23(3,4)19-24(5,6)20-25(7,8)21-31(14,28-11)29-12/h15-21H2,1-14H3. The van der Waals surface area contributed by atoms with Gasteiger partial charge in [0.15, 0.2) is 0 Å². The van der Waals surface area contributed by atoms with Crippen LogP contribution >= 0.6 is 0 Å². The fraction of sp³-hybridized carbons (Fsp3) is 1.00. The van der Waals surface area contributed by atoms with E-state index in [1.54, 1.807) is 28.4 Å². The molecule has 0 atom stereocenters. The lowest BCUT2D eigenvalue weighted by Gasteiger charge is -2.44. The third-order valence-corrected chi connectivity index (χ3v) is 13.2. The van der Waals surface area contributed by atoms with E-state index in [0.717, 1.165) is 12.1 Å². The molecule has 188 valence electrons. The average Bonchev–Trinajstić information content (AvgIpc) is 2.57. The molecular formula is C25H56O4Si2. The van der Waals surface area contributed by atoms with Gasteiger partial charge in [0.25, 0.3) is 0 Å². The van der Waals surface area contributed by atoms with E-state index in [1.165, 1.54) is 32.1 Å². The summed E-state index contributed by atoms with van der Waals surface area (Å²) in [4.78, 5) is 0. The Labute approximate surface area is 197 Å². The second-order valence-electron chi connectivity index (χ2n) is 13.3. The van der Waals surface area contributed by atoms with Gasteiger partial charge in [-0.2, -0.15) is 0 Å². The highest BCUT2D eigenvalue weighted by atomic mass is 28.4. The normalized spacial score (nSPS) is 14.9. The molecule has 0 aliphatic heterocycles. The van der Waals surface area contributed by atoms with Gasteiger partial charge in [0.2, 0.25) is 0 Å². The smallest absolute Gasteiger partial charge is 0.334 e. The van der Waals surface area contributed by atoms with Gasteiger partial charge in [-0.05, 0) is 72.5 Å². The van der Waals surface area contributed by atoms with Crippen LogP contribution in [0, 0.1) is 21.7 Å². The van der Waals surface area contributed by atoms with Crippen LogP contribution < -0.4 is 0 Å². The lowest BCUT2D eigenvalue weighted by molar-refractivity contribution is 0.0870. The fourth-order valence-electron chi connectivity index (χ4n) is 6.43. The monoisotopic (exact) mass is 476 g/mol. The van der Waals surface area contributed by atoms with Crippen molar-refractivity contribution in [1.82, 2.24) is 0 Å². The first-order valence-corrected chi connectivity index (χ1v) is 17.0. The maximum atomic E-state index is 5.78. The zero-order chi connectivity index (χ0) is 24.8. The summed E-state index contributed by atoms with van der Waals surface area (Å²) in [6.07, 6.45) is 5.99. The first-order valence-electron chi connectivity index (χ1n) is 12.0. The minimum Gasteiger partial charge on any atom is -0.398 e. The van der Waals surface area contributed by atoms with Crippen LogP contribution in [0.3, 0.4) is 0 Å². The molecule has 6 heteroatoms. The minimum atomic E-state index is -2.08. The van der Waals surface area contributed by atoms with Gasteiger partial charge in [0.1, 0.15) is 0 Å². The molecule has 0 aliphatic rings. The van der Waals surface area contributed by atoms with Crippen molar-refractivity contribution < 1.29 is 17.7 Å². The van der Waals surface area contributed by atoms with E-state index < -0.39 is 17.1 Å². The van der Waals surface area contributed by atoms with Crippen molar-refractivity contribution in [1.29, 1.82) is 0 Å². The third kappa shape index (κ3) is 12.3. The van der Waals surface area contributed by atoms with Gasteiger partial charge in [0, 0.05) is 28.4 Å². The molecular weight excluding hydrogens is 420 g/mol. The molecule has 0 heterocycles. The molecule has 0 aromatic rings. The van der Waals surface area contributed by atoms with E-state index >= 15 is 0 Å². The summed E-state index contributed by atoms with van der Waals surface area (Å²) in [5, 5.41) is 0. The van der Waals surface area contributed by atoms with Gasteiger partial charge in [-0.1, -0.05) is 61.8 Å². The van der Waals surface area contributed by atoms with E-state index in [1.807, 2.05) is 0 Å². The Morgan fingerprint density at radius 2 is 0.871 bits per heavy atom. The molecule has 0 spiro atoms. The molecule has 0 N–H and O–H groups in total. The highest BCUT2D eigenvalue weighted by Gasteiger charge is 2.41. The summed E-state index contributed by atoms with van der Waals surface area (Å²) in [6.45, 7) is 23.7. The summed E-state index contributed by atoms with van der Waals surface area (Å²) >= 11 is 0. The Bertz CT molecular complexity index is 522. The first kappa shape index (κ1) is 31.3. The van der Waals surface area contributed by atoms with Crippen molar-refractivity contribution in [3.63, 3.8) is 0 Å². The second kappa shape index (κ2) is 11.6. The molecule has 0 radical (unpaired) electrons. The average molecular weight is 477 g/mol. The lowest BCUT2D eigenvalue weighted by atomic mass is 9.63. The van der Waals surface area contributed by atoms with Gasteiger partial charge in [0.05, 0.1) is 0 Å². The van der Waals surface area contributed by atoms with E-state index in [-0.39, 0.29) is 16.2 Å². The van der Waals surface area contributed by atoms with Gasteiger partial charge in [-0.15, -0.1) is 0 Å². The molecule has 0 fully saturated rings. The molecule has 0 aromatic heterocycles. The van der Waals surface area contributed by atoms with Crippen LogP contribution in [0.4, 0.5) is 0 Å². The van der Waals surface area contributed by atoms with Crippen molar-refractivity contribution in [2.75, 3.05) is 28.4 Å². The molecule has 0 aromatic carbocycles. The van der Waals surface area contributed by atoms with Crippen molar-refractivity contribution in [3.05, 3.63) is 0 Å². The summed E-state index contributed by atoms with van der Waals surface area (Å²) in [6, 6.07) is 2.08. The van der Waals surface area contributed by atoms with E-state index in [2.05, 4.69) is 68.5 Å². The predicted molar refractivity (Wildman–Crippen MR) is 139 cm³/mol. The SMILES string of the molecule is CO[Si](C)(CCCC(C)(C)CC(C)(C)CC(C)(C)CC(C)(C)C[Si](C)(OC)OC)OC. The Balaban J connectivity index is 4.99. The van der Waals surface area contributed by atoms with Crippen LogP contribution in [0.15, 0.2) is 0 Å². The molecule has 0 saturated heterocycles. The topological polar surface area (TPSA) is 36.9 Å². The summed E-state index contributed by atoms with van der Waals surface area (Å²) in [5.41, 5.74) is 1.05. The van der Waals surface area contributed by atoms with E-state index in [0.29, 0.717) is 5.41 Å². The fourth-order valence-corrected chi connectivity index (χ4v) is 10.1. The number of hydrogen-bond donors (Lipinski definition) is 0. The van der Waals surface area contributed by atoms with Gasteiger partial charge in [-0.25, -0.2) is 0 Å². The first-order chi connectivity index (χ1) is 13.8. The van der Waals surface area contributed by atoms with Gasteiger partial charge >= 0.3 is 17.1 Å². The Morgan fingerprint density at radius 3 is 1.26 bits per heavy atom. The van der Waals surface area contributed by atoms with Crippen LogP contribution in [0.1, 0.15) is 87.5 Å². The quantitative estimate of drug-likeness (QED) is 0.213. The van der Waals surface area contributed by atoms with Crippen LogP contribution in [-0.4, -0.2) is 45.6 Å². The highest BCUT2D eigenvalue weighted by molar-refractivity contribution is 6.66. The second-order valence-corrected chi connectivity index (χ2v) is 20.3. The summed E-state index contributed by atoms with van der Waals surface area (Å²) in [5.74, 6) is 0.